The summed E-state index contributed by atoms with van der Waals surface area (Å²) in [5.74, 6) is 2.14. The average Bonchev–Trinajstić information content (AvgIpc) is 2.87. The van der Waals surface area contributed by atoms with E-state index in [-0.39, 0.29) is 0 Å². The predicted octanol–water partition coefficient (Wildman–Crippen LogP) is 5.56. The maximum Gasteiger partial charge on any atom is -0.0246 e. The van der Waals surface area contributed by atoms with Crippen molar-refractivity contribution in [3.8, 4) is 0 Å². The fraction of sp³-hybridized carbons (Fsp3) is 1.00. The first-order chi connectivity index (χ1) is 7.83. The summed E-state index contributed by atoms with van der Waals surface area (Å²) >= 11 is 0. The second kappa shape index (κ2) is 5.56. The van der Waals surface area contributed by atoms with E-state index < -0.39 is 0 Å². The van der Waals surface area contributed by atoms with Crippen molar-refractivity contribution in [2.24, 2.45) is 17.3 Å². The Morgan fingerprint density at radius 2 is 1.06 bits per heavy atom. The summed E-state index contributed by atoms with van der Waals surface area (Å²) in [5.41, 5.74) is 0.733. The van der Waals surface area contributed by atoms with Crippen LogP contribution >= 0.6 is 0 Å². The first-order valence-electron chi connectivity index (χ1n) is 7.83. The lowest BCUT2D eigenvalue weighted by Gasteiger charge is -2.46. The van der Waals surface area contributed by atoms with E-state index in [1.54, 1.807) is 0 Å². The van der Waals surface area contributed by atoms with Gasteiger partial charge in [0.05, 0.1) is 0 Å². The minimum atomic E-state index is 0.733. The Morgan fingerprint density at radius 1 is 0.688 bits per heavy atom. The van der Waals surface area contributed by atoms with Crippen molar-refractivity contribution < 1.29 is 0 Å². The Labute approximate surface area is 102 Å². The van der Waals surface area contributed by atoms with Crippen molar-refractivity contribution in [3.63, 3.8) is 0 Å². The van der Waals surface area contributed by atoms with Gasteiger partial charge in [-0.25, -0.2) is 0 Å². The molecule has 16 heavy (non-hydrogen) atoms. The van der Waals surface area contributed by atoms with Gasteiger partial charge in [-0.1, -0.05) is 46.0 Å². The lowest BCUT2D eigenvalue weighted by Crippen LogP contribution is -2.37. The van der Waals surface area contributed by atoms with Crippen LogP contribution in [-0.2, 0) is 0 Å². The minimum absolute atomic E-state index is 0.733. The summed E-state index contributed by atoms with van der Waals surface area (Å²) in [5, 5.41) is 0. The van der Waals surface area contributed by atoms with Crippen LogP contribution in [0.5, 0.6) is 0 Å². The molecule has 0 bridgehead atoms. The van der Waals surface area contributed by atoms with Crippen LogP contribution in [0.1, 0.15) is 84.5 Å². The maximum absolute atomic E-state index is 2.47. The van der Waals surface area contributed by atoms with E-state index in [2.05, 4.69) is 13.8 Å². The molecule has 0 amide bonds. The van der Waals surface area contributed by atoms with Gasteiger partial charge in [-0.15, -0.1) is 0 Å². The number of hydrogen-bond acceptors (Lipinski definition) is 0. The van der Waals surface area contributed by atoms with Gasteiger partial charge < -0.3 is 0 Å². The summed E-state index contributed by atoms with van der Waals surface area (Å²) in [7, 11) is 0. The maximum atomic E-state index is 2.47. The zero-order chi connectivity index (χ0) is 11.4. The van der Waals surface area contributed by atoms with Gasteiger partial charge in [0.2, 0.25) is 0 Å². The van der Waals surface area contributed by atoms with Gasteiger partial charge in [0.25, 0.3) is 0 Å². The highest BCUT2D eigenvalue weighted by atomic mass is 14.5. The largest absolute Gasteiger partial charge is 0.0648 e. The molecule has 0 heteroatoms. The van der Waals surface area contributed by atoms with Crippen molar-refractivity contribution in [1.82, 2.24) is 0 Å². The Kier molecular flexibility index (Phi) is 4.33. The Bertz CT molecular complexity index is 190. The molecule has 2 saturated carbocycles. The fourth-order valence-corrected chi connectivity index (χ4v) is 4.92. The molecule has 0 aromatic rings. The molecule has 0 atom stereocenters. The molecule has 2 aliphatic rings. The van der Waals surface area contributed by atoms with Crippen LogP contribution < -0.4 is 0 Å². The molecular formula is C16H30. The second-order valence-electron chi connectivity index (χ2n) is 6.26. The van der Waals surface area contributed by atoms with Gasteiger partial charge in [-0.05, 0) is 55.8 Å². The standard InChI is InChI=1S/C16H30/c1-3-16(4-2,15-12-8-9-13-15)14-10-6-5-7-11-14/h14-15H,3-13H2,1-2H3. The molecule has 0 N–H and O–H groups in total. The normalized spacial score (nSPS) is 25.1. The van der Waals surface area contributed by atoms with Crippen molar-refractivity contribution in [1.29, 1.82) is 0 Å². The van der Waals surface area contributed by atoms with Gasteiger partial charge in [-0.2, -0.15) is 0 Å². The van der Waals surface area contributed by atoms with Crippen LogP contribution in [0.3, 0.4) is 0 Å². The molecule has 0 unspecified atom stereocenters. The summed E-state index contributed by atoms with van der Waals surface area (Å²) in [6.45, 7) is 4.94. The van der Waals surface area contributed by atoms with Crippen molar-refractivity contribution in [3.05, 3.63) is 0 Å². The molecule has 0 saturated heterocycles. The summed E-state index contributed by atoms with van der Waals surface area (Å²) in [6.07, 6.45) is 16.6. The van der Waals surface area contributed by atoms with E-state index in [0.29, 0.717) is 0 Å². The lowest BCUT2D eigenvalue weighted by atomic mass is 9.59. The third-order valence-electron chi connectivity index (χ3n) is 5.90. The molecule has 0 aromatic carbocycles. The van der Waals surface area contributed by atoms with E-state index >= 15 is 0 Å². The van der Waals surface area contributed by atoms with Crippen molar-refractivity contribution in [2.75, 3.05) is 0 Å². The van der Waals surface area contributed by atoms with E-state index in [1.165, 1.54) is 70.6 Å². The van der Waals surface area contributed by atoms with Crippen molar-refractivity contribution in [2.45, 2.75) is 84.5 Å². The second-order valence-corrected chi connectivity index (χ2v) is 6.26. The molecule has 0 nitrogen and oxygen atoms in total. The van der Waals surface area contributed by atoms with Gasteiger partial charge >= 0.3 is 0 Å². The van der Waals surface area contributed by atoms with Crippen LogP contribution in [-0.4, -0.2) is 0 Å². The summed E-state index contributed by atoms with van der Waals surface area (Å²) in [4.78, 5) is 0. The molecular weight excluding hydrogens is 192 g/mol. The number of rotatable bonds is 4. The first-order valence-corrected chi connectivity index (χ1v) is 7.83. The Hall–Kier alpha value is 0. The molecule has 0 aliphatic heterocycles. The van der Waals surface area contributed by atoms with Gasteiger partial charge in [0, 0.05) is 0 Å². The summed E-state index contributed by atoms with van der Waals surface area (Å²) < 4.78 is 0. The van der Waals surface area contributed by atoms with E-state index in [1.807, 2.05) is 0 Å². The molecule has 2 aliphatic carbocycles. The van der Waals surface area contributed by atoms with Crippen LogP contribution in [0.25, 0.3) is 0 Å². The van der Waals surface area contributed by atoms with E-state index in [9.17, 15) is 0 Å². The molecule has 0 heterocycles. The molecule has 0 radical (unpaired) electrons. The monoisotopic (exact) mass is 222 g/mol. The molecule has 2 rings (SSSR count). The van der Waals surface area contributed by atoms with E-state index in [4.69, 9.17) is 0 Å². The highest BCUT2D eigenvalue weighted by Crippen LogP contribution is 2.53. The average molecular weight is 222 g/mol. The zero-order valence-corrected chi connectivity index (χ0v) is 11.4. The van der Waals surface area contributed by atoms with Crippen molar-refractivity contribution >= 4 is 0 Å². The van der Waals surface area contributed by atoms with E-state index in [0.717, 1.165) is 17.3 Å². The van der Waals surface area contributed by atoms with Gasteiger partial charge in [0.15, 0.2) is 0 Å². The summed E-state index contributed by atoms with van der Waals surface area (Å²) in [6, 6.07) is 0. The molecule has 0 aromatic heterocycles. The number of hydrogen-bond donors (Lipinski definition) is 0. The molecule has 94 valence electrons. The Morgan fingerprint density at radius 3 is 1.44 bits per heavy atom. The Balaban J connectivity index is 2.11. The third kappa shape index (κ3) is 2.17. The van der Waals surface area contributed by atoms with Crippen LogP contribution in [0.2, 0.25) is 0 Å². The minimum Gasteiger partial charge on any atom is -0.0648 e. The first kappa shape index (κ1) is 12.5. The fourth-order valence-electron chi connectivity index (χ4n) is 4.92. The zero-order valence-electron chi connectivity index (χ0n) is 11.4. The smallest absolute Gasteiger partial charge is 0.0246 e. The lowest BCUT2D eigenvalue weighted by molar-refractivity contribution is 0.0360. The van der Waals surface area contributed by atoms with Crippen LogP contribution in [0.4, 0.5) is 0 Å². The highest BCUT2D eigenvalue weighted by Gasteiger charge is 2.43. The predicted molar refractivity (Wildman–Crippen MR) is 71.5 cm³/mol. The van der Waals surface area contributed by atoms with Gasteiger partial charge in [0.1, 0.15) is 0 Å². The van der Waals surface area contributed by atoms with Gasteiger partial charge in [-0.3, -0.25) is 0 Å². The quantitative estimate of drug-likeness (QED) is 0.584. The molecule has 2 fully saturated rings. The molecule has 0 spiro atoms. The highest BCUT2D eigenvalue weighted by molar-refractivity contribution is 4.93. The topological polar surface area (TPSA) is 0 Å². The van der Waals surface area contributed by atoms with Crippen LogP contribution in [0, 0.1) is 17.3 Å². The van der Waals surface area contributed by atoms with Crippen LogP contribution in [0.15, 0.2) is 0 Å². The third-order valence-corrected chi connectivity index (χ3v) is 5.90. The SMILES string of the molecule is CCC(CC)(C1CCCCC1)C1CCCC1.